The van der Waals surface area contributed by atoms with Crippen LogP contribution in [0.15, 0.2) is 30.4 Å². The zero-order valence-corrected chi connectivity index (χ0v) is 33.5. The zero-order chi connectivity index (χ0) is 41.1. The van der Waals surface area contributed by atoms with Gasteiger partial charge in [-0.25, -0.2) is 27.0 Å². The van der Waals surface area contributed by atoms with Crippen molar-refractivity contribution in [1.82, 2.24) is 24.8 Å². The summed E-state index contributed by atoms with van der Waals surface area (Å²) in [6.07, 6.45) is 3.66. The van der Waals surface area contributed by atoms with E-state index in [1.807, 2.05) is 13.0 Å². The molecule has 2 aromatic rings. The maximum absolute atomic E-state index is 14.9. The zero-order valence-electron chi connectivity index (χ0n) is 32.7. The summed E-state index contributed by atoms with van der Waals surface area (Å²) >= 11 is 0. The molecule has 17 heteroatoms. The van der Waals surface area contributed by atoms with Gasteiger partial charge >= 0.3 is 6.09 Å². The summed E-state index contributed by atoms with van der Waals surface area (Å²) in [5, 5.41) is 13.9. The van der Waals surface area contributed by atoms with E-state index in [2.05, 4.69) is 15.0 Å². The van der Waals surface area contributed by atoms with Crippen LogP contribution in [0, 0.1) is 5.92 Å². The van der Waals surface area contributed by atoms with Crippen molar-refractivity contribution in [3.05, 3.63) is 41.6 Å². The molecule has 0 radical (unpaired) electrons. The first-order valence-corrected chi connectivity index (χ1v) is 21.3. The number of sulfonamides is 1. The van der Waals surface area contributed by atoms with Crippen LogP contribution in [0.25, 0.3) is 10.9 Å². The van der Waals surface area contributed by atoms with Crippen molar-refractivity contribution >= 4 is 44.7 Å². The highest BCUT2D eigenvalue weighted by atomic mass is 32.2. The molecule has 4 amide bonds. The maximum Gasteiger partial charge on any atom is 0.408 e. The van der Waals surface area contributed by atoms with Crippen LogP contribution in [-0.2, 0) is 30.8 Å². The van der Waals surface area contributed by atoms with Crippen LogP contribution < -0.4 is 19.5 Å². The number of rotatable bonds is 8. The molecule has 4 heterocycles. The summed E-state index contributed by atoms with van der Waals surface area (Å²) in [6, 6.07) is 1.86. The Labute approximate surface area is 330 Å². The lowest BCUT2D eigenvalue weighted by molar-refractivity contribution is -0.144. The Morgan fingerprint density at radius 3 is 2.60 bits per heavy atom. The van der Waals surface area contributed by atoms with Crippen LogP contribution >= 0.6 is 0 Å². The van der Waals surface area contributed by atoms with E-state index < -0.39 is 85.9 Å². The van der Waals surface area contributed by atoms with Gasteiger partial charge in [0.15, 0.2) is 5.75 Å². The highest BCUT2D eigenvalue weighted by Crippen LogP contribution is 2.50. The molecule has 5 aliphatic rings. The minimum absolute atomic E-state index is 0.117. The first-order valence-electron chi connectivity index (χ1n) is 19.8. The molecular formula is C40H51F2N5O9S. The number of aromatic nitrogens is 1. The topological polar surface area (TPSA) is 185 Å². The van der Waals surface area contributed by atoms with Gasteiger partial charge < -0.3 is 24.8 Å². The van der Waals surface area contributed by atoms with Crippen molar-refractivity contribution in [1.29, 1.82) is 0 Å². The number of aryl methyl sites for hydroxylation is 1. The fourth-order valence-corrected chi connectivity index (χ4v) is 10.1. The van der Waals surface area contributed by atoms with Crippen molar-refractivity contribution in [2.45, 2.75) is 138 Å². The van der Waals surface area contributed by atoms with Crippen LogP contribution in [-0.4, -0.2) is 99.8 Å². The first kappa shape index (κ1) is 40.6. The van der Waals surface area contributed by atoms with E-state index in [0.29, 0.717) is 67.2 Å². The number of fused-ring (bicyclic) bond motifs is 5. The maximum atomic E-state index is 14.9. The minimum Gasteiger partial charge on any atom is -0.497 e. The minimum atomic E-state index is -4.07. The Hall–Kier alpha value is -4.54. The molecule has 1 aromatic carbocycles. The average Bonchev–Trinajstić information content (AvgIpc) is 4.06. The molecule has 7 rings (SSSR count). The third kappa shape index (κ3) is 7.40. The number of pyridine rings is 1. The molecule has 14 nitrogen and oxygen atoms in total. The SMILES string of the molecule is CC[C@@H](C)N(C(=O)O)[C@H]1CCCCC/C=C\[C@@H]2C[C@@]2(C(=O)NS(=O)(=O)C2(C)CC2)NC(=O)[C@@H]2C[C@]3(CCc4c(c(C(F)F)nc5ccc(OC)cc45)O3)CN2C1=O. The summed E-state index contributed by atoms with van der Waals surface area (Å²) in [5.41, 5.74) is -2.77. The monoisotopic (exact) mass is 815 g/mol. The number of nitrogens with one attached hydrogen (secondary N) is 2. The molecule has 3 N–H and O–H groups in total. The summed E-state index contributed by atoms with van der Waals surface area (Å²) in [7, 11) is -2.58. The van der Waals surface area contributed by atoms with Gasteiger partial charge in [0.05, 0.1) is 23.9 Å². The average molecular weight is 816 g/mol. The number of alkyl halides is 2. The molecule has 2 aliphatic carbocycles. The Balaban J connectivity index is 1.29. The van der Waals surface area contributed by atoms with Crippen molar-refractivity contribution in [2.75, 3.05) is 13.7 Å². The van der Waals surface area contributed by atoms with Gasteiger partial charge in [-0.05, 0) is 89.8 Å². The molecule has 3 fully saturated rings. The van der Waals surface area contributed by atoms with Crippen LogP contribution in [0.4, 0.5) is 13.6 Å². The van der Waals surface area contributed by atoms with Crippen LogP contribution in [0.5, 0.6) is 11.5 Å². The van der Waals surface area contributed by atoms with Crippen molar-refractivity contribution < 1.29 is 51.0 Å². The molecule has 0 unspecified atom stereocenters. The highest BCUT2D eigenvalue weighted by Gasteiger charge is 2.64. The predicted molar refractivity (Wildman–Crippen MR) is 204 cm³/mol. The molecule has 0 bridgehead atoms. The number of benzene rings is 1. The summed E-state index contributed by atoms with van der Waals surface area (Å²) in [6.45, 7) is 4.84. The normalized spacial score (nSPS) is 29.5. The van der Waals surface area contributed by atoms with Crippen molar-refractivity contribution in [3.63, 3.8) is 0 Å². The van der Waals surface area contributed by atoms with E-state index in [1.54, 1.807) is 38.1 Å². The Kier molecular flexibility index (Phi) is 10.7. The lowest BCUT2D eigenvalue weighted by atomic mass is 9.87. The van der Waals surface area contributed by atoms with Gasteiger partial charge in [-0.1, -0.05) is 31.9 Å². The smallest absolute Gasteiger partial charge is 0.408 e. The molecule has 1 aromatic heterocycles. The lowest BCUT2D eigenvalue weighted by Crippen LogP contribution is -2.59. The molecule has 6 atom stereocenters. The number of amides is 4. The van der Waals surface area contributed by atoms with E-state index in [-0.39, 0.29) is 44.4 Å². The number of ether oxygens (including phenoxy) is 2. The van der Waals surface area contributed by atoms with Crippen LogP contribution in [0.1, 0.15) is 109 Å². The van der Waals surface area contributed by atoms with Crippen LogP contribution in [0.3, 0.4) is 0 Å². The predicted octanol–water partition coefficient (Wildman–Crippen LogP) is 5.39. The van der Waals surface area contributed by atoms with Gasteiger partial charge in [0.1, 0.15) is 34.7 Å². The van der Waals surface area contributed by atoms with Gasteiger partial charge in [0.2, 0.25) is 21.8 Å². The molecule has 2 saturated carbocycles. The number of hydrogen-bond donors (Lipinski definition) is 3. The van der Waals surface area contributed by atoms with E-state index in [1.165, 1.54) is 12.0 Å². The third-order valence-electron chi connectivity index (χ3n) is 12.8. The molecule has 310 valence electrons. The Bertz CT molecular complexity index is 2110. The van der Waals surface area contributed by atoms with E-state index >= 15 is 0 Å². The van der Waals surface area contributed by atoms with Gasteiger partial charge in [0, 0.05) is 29.3 Å². The van der Waals surface area contributed by atoms with Gasteiger partial charge in [0.25, 0.3) is 12.3 Å². The van der Waals surface area contributed by atoms with Crippen molar-refractivity contribution in [3.8, 4) is 11.5 Å². The molecule has 1 spiro atoms. The number of methoxy groups -OCH3 is 1. The molecule has 3 aliphatic heterocycles. The summed E-state index contributed by atoms with van der Waals surface area (Å²) in [4.78, 5) is 63.1. The second kappa shape index (κ2) is 15.0. The van der Waals surface area contributed by atoms with Gasteiger partial charge in [-0.3, -0.25) is 24.0 Å². The summed E-state index contributed by atoms with van der Waals surface area (Å²) in [5.74, 6) is -2.45. The van der Waals surface area contributed by atoms with Gasteiger partial charge in [-0.2, -0.15) is 0 Å². The fourth-order valence-electron chi connectivity index (χ4n) is 8.74. The number of carboxylic acid groups (broad SMARTS) is 1. The molecule has 1 saturated heterocycles. The largest absolute Gasteiger partial charge is 0.497 e. The second-order valence-corrected chi connectivity index (χ2v) is 18.8. The number of allylic oxidation sites excluding steroid dienone is 1. The number of carbonyl (C=O) groups is 4. The Morgan fingerprint density at radius 1 is 1.18 bits per heavy atom. The Morgan fingerprint density at radius 2 is 1.93 bits per heavy atom. The standard InChI is InChI=1S/C40H51F2N5O9S/c1-5-23(2)47(37(51)52)29-12-10-8-6-7-9-11-24-20-40(24,36(50)45-57(53,54)38(3)17-18-38)44-34(48)30-21-39(22-46(30)35(29)49)16-15-26-27-19-25(55-4)13-14-28(27)43-31(33(41)42)32(26)56-39/h9,11,13-14,19,23-24,29-30,33H,5-8,10,12,15-18,20-22H2,1-4H3,(H,44,48)(H,45,50)(H,51,52)/b11-9-/t23-,24-,29+,30+,39-,40-/m1/s1. The van der Waals surface area contributed by atoms with Crippen molar-refractivity contribution in [2.24, 2.45) is 5.92 Å². The molecule has 57 heavy (non-hydrogen) atoms. The molecular weight excluding hydrogens is 765 g/mol. The lowest BCUT2D eigenvalue weighted by Gasteiger charge is -2.38. The van der Waals surface area contributed by atoms with E-state index in [4.69, 9.17) is 9.47 Å². The number of nitrogens with zero attached hydrogens (tertiary/aromatic N) is 3. The van der Waals surface area contributed by atoms with Gasteiger partial charge in [-0.15, -0.1) is 0 Å². The highest BCUT2D eigenvalue weighted by molar-refractivity contribution is 7.91. The fraction of sp³-hybridized carbons (Fsp3) is 0.625. The second-order valence-electron chi connectivity index (χ2n) is 16.6. The number of hydrogen-bond acceptors (Lipinski definition) is 9. The number of halogens is 2. The third-order valence-corrected chi connectivity index (χ3v) is 15.0. The quantitative estimate of drug-likeness (QED) is 0.292. The van der Waals surface area contributed by atoms with E-state index in [9.17, 15) is 41.5 Å². The van der Waals surface area contributed by atoms with E-state index in [0.717, 1.165) is 4.90 Å². The summed E-state index contributed by atoms with van der Waals surface area (Å²) < 4.78 is 69.0. The number of carbonyl (C=O) groups excluding carboxylic acids is 3. The van der Waals surface area contributed by atoms with Crippen LogP contribution in [0.2, 0.25) is 0 Å². The first-order chi connectivity index (χ1) is 27.0.